The number of hydrogen-bond donors (Lipinski definition) is 1. The number of aryl methyl sites for hydroxylation is 1. The number of nitrogens with one attached hydrogen (secondary N) is 1. The normalized spacial score (nSPS) is 12.1. The van der Waals surface area contributed by atoms with Gasteiger partial charge in [-0.05, 0) is 17.4 Å². The summed E-state index contributed by atoms with van der Waals surface area (Å²) in [5, 5.41) is 17.4. The van der Waals surface area contributed by atoms with Gasteiger partial charge >= 0.3 is 12.2 Å². The predicted molar refractivity (Wildman–Crippen MR) is 91.4 cm³/mol. The number of nitrogens with zero attached hydrogens (tertiary/aromatic N) is 5. The van der Waals surface area contributed by atoms with Crippen LogP contribution in [0.15, 0.2) is 16.5 Å². The molecule has 0 spiro atoms. The Morgan fingerprint density at radius 3 is 2.59 bits per heavy atom. The van der Waals surface area contributed by atoms with E-state index in [1.807, 2.05) is 13.8 Å². The lowest BCUT2D eigenvalue weighted by molar-refractivity contribution is -0.142. The van der Waals surface area contributed by atoms with Crippen molar-refractivity contribution in [1.29, 1.82) is 0 Å². The van der Waals surface area contributed by atoms with E-state index >= 15 is 0 Å². The summed E-state index contributed by atoms with van der Waals surface area (Å²) in [5.41, 5.74) is -1.24. The van der Waals surface area contributed by atoms with Crippen LogP contribution in [0.2, 0.25) is 0 Å². The average Bonchev–Trinajstić information content (AvgIpc) is 3.17. The predicted octanol–water partition coefficient (Wildman–Crippen LogP) is 3.33. The van der Waals surface area contributed by atoms with Crippen molar-refractivity contribution >= 4 is 29.3 Å². The van der Waals surface area contributed by atoms with Crippen molar-refractivity contribution in [1.82, 2.24) is 24.8 Å². The van der Waals surface area contributed by atoms with Crippen molar-refractivity contribution in [2.75, 3.05) is 5.32 Å². The molecular formula is C15H15F3N6O2S. The maximum absolute atomic E-state index is 13.4. The number of rotatable bonds is 5. The molecule has 0 saturated heterocycles. The first-order valence-corrected chi connectivity index (χ1v) is 8.89. The molecule has 3 rings (SSSR count). The maximum atomic E-state index is 13.4. The van der Waals surface area contributed by atoms with E-state index in [4.69, 9.17) is 4.42 Å². The Bertz CT molecular complexity index is 982. The molecule has 0 aliphatic carbocycles. The second-order valence-electron chi connectivity index (χ2n) is 5.85. The number of alkyl halides is 3. The van der Waals surface area contributed by atoms with Crippen molar-refractivity contribution in [2.45, 2.75) is 38.0 Å². The standard InChI is InChI=1S/C15H15F3N6O2S/c1-7(2)27-6-11-21-22-12-9(4-5-10(24(11)12)15(16,17)18)13(25)19-14-23-20-8(3)26-14/h4-5,7H,6H2,1-3H3,(H,19,23,25). The Hall–Kier alpha value is -2.63. The second kappa shape index (κ2) is 7.18. The van der Waals surface area contributed by atoms with Gasteiger partial charge in [0.25, 0.3) is 5.91 Å². The van der Waals surface area contributed by atoms with Crippen LogP contribution in [-0.4, -0.2) is 36.0 Å². The van der Waals surface area contributed by atoms with E-state index in [2.05, 4.69) is 25.7 Å². The molecule has 0 bridgehead atoms. The molecule has 0 aliphatic heterocycles. The van der Waals surface area contributed by atoms with Crippen LogP contribution in [-0.2, 0) is 11.9 Å². The molecule has 0 unspecified atom stereocenters. The first-order chi connectivity index (χ1) is 12.7. The summed E-state index contributed by atoms with van der Waals surface area (Å²) in [4.78, 5) is 12.5. The molecule has 0 fully saturated rings. The van der Waals surface area contributed by atoms with Crippen molar-refractivity contribution in [2.24, 2.45) is 0 Å². The molecule has 8 nitrogen and oxygen atoms in total. The van der Waals surface area contributed by atoms with Gasteiger partial charge in [-0.1, -0.05) is 18.9 Å². The molecule has 0 saturated carbocycles. The number of anilines is 1. The summed E-state index contributed by atoms with van der Waals surface area (Å²) >= 11 is 1.42. The van der Waals surface area contributed by atoms with E-state index in [1.54, 1.807) is 0 Å². The minimum atomic E-state index is -4.63. The van der Waals surface area contributed by atoms with Gasteiger partial charge in [0, 0.05) is 6.92 Å². The van der Waals surface area contributed by atoms with E-state index in [-0.39, 0.29) is 39.9 Å². The van der Waals surface area contributed by atoms with E-state index in [0.29, 0.717) is 0 Å². The number of pyridine rings is 1. The van der Waals surface area contributed by atoms with Gasteiger partial charge in [-0.2, -0.15) is 24.9 Å². The van der Waals surface area contributed by atoms with E-state index < -0.39 is 17.8 Å². The van der Waals surface area contributed by atoms with Crippen LogP contribution in [0.1, 0.15) is 41.6 Å². The molecule has 1 amide bonds. The lowest BCUT2D eigenvalue weighted by Gasteiger charge is -2.13. The molecule has 12 heteroatoms. The topological polar surface area (TPSA) is 98.2 Å². The van der Waals surface area contributed by atoms with Gasteiger partial charge in [0.15, 0.2) is 5.65 Å². The van der Waals surface area contributed by atoms with Crippen molar-refractivity contribution < 1.29 is 22.4 Å². The van der Waals surface area contributed by atoms with Gasteiger partial charge < -0.3 is 4.42 Å². The molecule has 0 atom stereocenters. The van der Waals surface area contributed by atoms with Gasteiger partial charge in [-0.15, -0.1) is 15.3 Å². The fourth-order valence-electron chi connectivity index (χ4n) is 2.30. The summed E-state index contributed by atoms with van der Waals surface area (Å²) in [7, 11) is 0. The molecule has 27 heavy (non-hydrogen) atoms. The van der Waals surface area contributed by atoms with Crippen LogP contribution in [0.5, 0.6) is 0 Å². The molecule has 3 aromatic heterocycles. The second-order valence-corrected chi connectivity index (χ2v) is 7.41. The van der Waals surface area contributed by atoms with Crippen LogP contribution in [0.3, 0.4) is 0 Å². The van der Waals surface area contributed by atoms with E-state index in [9.17, 15) is 18.0 Å². The molecule has 1 N–H and O–H groups in total. The molecule has 0 aromatic carbocycles. The fraction of sp³-hybridized carbons (Fsp3) is 0.400. The number of halogens is 3. The summed E-state index contributed by atoms with van der Waals surface area (Å²) < 4.78 is 46.2. The summed E-state index contributed by atoms with van der Waals surface area (Å²) in [6.07, 6.45) is -4.63. The smallest absolute Gasteiger partial charge is 0.408 e. The van der Waals surface area contributed by atoms with Crippen LogP contribution >= 0.6 is 11.8 Å². The molecular weight excluding hydrogens is 385 g/mol. The van der Waals surface area contributed by atoms with Crippen molar-refractivity contribution in [3.8, 4) is 0 Å². The van der Waals surface area contributed by atoms with Crippen LogP contribution < -0.4 is 5.32 Å². The zero-order valence-corrected chi connectivity index (χ0v) is 15.4. The number of fused-ring (bicyclic) bond motifs is 1. The molecule has 3 heterocycles. The quantitative estimate of drug-likeness (QED) is 0.701. The van der Waals surface area contributed by atoms with Crippen molar-refractivity contribution in [3.05, 3.63) is 35.1 Å². The minimum absolute atomic E-state index is 0.0906. The zero-order valence-electron chi connectivity index (χ0n) is 14.5. The number of amides is 1. The molecule has 144 valence electrons. The largest absolute Gasteiger partial charge is 0.431 e. The summed E-state index contributed by atoms with van der Waals surface area (Å²) in [6.45, 7) is 5.38. The minimum Gasteiger partial charge on any atom is -0.408 e. The molecule has 0 radical (unpaired) electrons. The van der Waals surface area contributed by atoms with Gasteiger partial charge in [-0.3, -0.25) is 14.5 Å². The number of thioether (sulfide) groups is 1. The lowest BCUT2D eigenvalue weighted by Crippen LogP contribution is -2.18. The van der Waals surface area contributed by atoms with Crippen molar-refractivity contribution in [3.63, 3.8) is 0 Å². The van der Waals surface area contributed by atoms with E-state index in [0.717, 1.165) is 16.5 Å². The number of hydrogen-bond acceptors (Lipinski definition) is 7. The van der Waals surface area contributed by atoms with Crippen LogP contribution in [0, 0.1) is 6.92 Å². The molecule has 3 aromatic rings. The highest BCUT2D eigenvalue weighted by Gasteiger charge is 2.36. The molecule has 0 aliphatic rings. The Kier molecular flexibility index (Phi) is 5.09. The Labute approximate surface area is 155 Å². The average molecular weight is 400 g/mol. The van der Waals surface area contributed by atoms with Gasteiger partial charge in [-0.25, -0.2) is 0 Å². The SMILES string of the molecule is Cc1nnc(NC(=O)c2ccc(C(F)(F)F)n3c(CSC(C)C)nnc23)o1. The fourth-order valence-corrected chi connectivity index (χ4v) is 2.97. The Morgan fingerprint density at radius 1 is 1.26 bits per heavy atom. The highest BCUT2D eigenvalue weighted by molar-refractivity contribution is 7.99. The first-order valence-electron chi connectivity index (χ1n) is 7.84. The van der Waals surface area contributed by atoms with Gasteiger partial charge in [0.2, 0.25) is 5.89 Å². The van der Waals surface area contributed by atoms with E-state index in [1.165, 1.54) is 18.7 Å². The summed E-state index contributed by atoms with van der Waals surface area (Å²) in [6, 6.07) is 1.71. The third kappa shape index (κ3) is 4.04. The maximum Gasteiger partial charge on any atom is 0.431 e. The monoisotopic (exact) mass is 400 g/mol. The third-order valence-electron chi connectivity index (χ3n) is 3.45. The third-order valence-corrected chi connectivity index (χ3v) is 4.54. The highest BCUT2D eigenvalue weighted by Crippen LogP contribution is 2.32. The van der Waals surface area contributed by atoms with Gasteiger partial charge in [0.1, 0.15) is 11.5 Å². The highest BCUT2D eigenvalue weighted by atomic mass is 32.2. The lowest BCUT2D eigenvalue weighted by atomic mass is 10.2. The Morgan fingerprint density at radius 2 is 2.00 bits per heavy atom. The van der Waals surface area contributed by atoms with Gasteiger partial charge in [0.05, 0.1) is 11.3 Å². The zero-order chi connectivity index (χ0) is 19.8. The number of aromatic nitrogens is 5. The number of carbonyl (C=O) groups excluding carboxylic acids is 1. The first kappa shape index (κ1) is 19.1. The Balaban J connectivity index is 2.05. The van der Waals surface area contributed by atoms with Crippen LogP contribution in [0.4, 0.5) is 19.2 Å². The number of carbonyl (C=O) groups is 1. The van der Waals surface area contributed by atoms with Crippen LogP contribution in [0.25, 0.3) is 5.65 Å². The summed E-state index contributed by atoms with van der Waals surface area (Å²) in [5.74, 6) is -0.166.